The number of thiophene rings is 1. The van der Waals surface area contributed by atoms with Crippen LogP contribution in [0.15, 0.2) is 47.8 Å². The van der Waals surface area contributed by atoms with Crippen LogP contribution in [0, 0.1) is 0 Å². The first-order valence-electron chi connectivity index (χ1n) is 8.40. The Morgan fingerprint density at radius 3 is 2.48 bits per heavy atom. The van der Waals surface area contributed by atoms with Gasteiger partial charge >= 0.3 is 12.1 Å². The average molecular weight is 442 g/mol. The molecule has 0 fully saturated rings. The molecule has 3 aromatic rings. The number of fused-ring (bicyclic) bond motifs is 1. The van der Waals surface area contributed by atoms with Crippen LogP contribution in [0.4, 0.5) is 13.2 Å². The average Bonchev–Trinajstić information content (AvgIpc) is 3.08. The van der Waals surface area contributed by atoms with E-state index >= 15 is 0 Å². The molecule has 1 N–H and O–H groups in total. The highest BCUT2D eigenvalue weighted by Gasteiger charge is 2.30. The number of nitrogens with one attached hydrogen (secondary N) is 1. The molecule has 0 aliphatic heterocycles. The van der Waals surface area contributed by atoms with Crippen molar-refractivity contribution in [3.8, 4) is 0 Å². The summed E-state index contributed by atoms with van der Waals surface area (Å²) >= 11 is 7.52. The van der Waals surface area contributed by atoms with Gasteiger partial charge in [-0.05, 0) is 58.8 Å². The summed E-state index contributed by atoms with van der Waals surface area (Å²) in [5, 5.41) is 5.80. The molecule has 0 aliphatic carbocycles. The number of alkyl halides is 3. The van der Waals surface area contributed by atoms with E-state index < -0.39 is 29.7 Å². The summed E-state index contributed by atoms with van der Waals surface area (Å²) in [5.74, 6) is -1.33. The van der Waals surface area contributed by atoms with Crippen LogP contribution in [0.1, 0.15) is 21.5 Å². The van der Waals surface area contributed by atoms with Crippen molar-refractivity contribution in [3.63, 3.8) is 0 Å². The molecule has 29 heavy (non-hydrogen) atoms. The fraction of sp³-hybridized carbons (Fsp3) is 0.200. The van der Waals surface area contributed by atoms with Gasteiger partial charge in [0, 0.05) is 21.7 Å². The fourth-order valence-electron chi connectivity index (χ4n) is 2.82. The molecule has 9 heteroatoms. The number of hydrogen-bond acceptors (Lipinski definition) is 4. The first-order valence-corrected chi connectivity index (χ1v) is 9.66. The summed E-state index contributed by atoms with van der Waals surface area (Å²) < 4.78 is 43.8. The molecule has 1 amide bonds. The highest BCUT2D eigenvalue weighted by molar-refractivity contribution is 7.17. The molecule has 2 aromatic carbocycles. The minimum absolute atomic E-state index is 0.00474. The van der Waals surface area contributed by atoms with Crippen LogP contribution < -0.4 is 5.32 Å². The first-order chi connectivity index (χ1) is 13.7. The van der Waals surface area contributed by atoms with Crippen molar-refractivity contribution >= 4 is 44.9 Å². The molecule has 152 valence electrons. The molecular formula is C20H15ClF3NO3S. The largest absolute Gasteiger partial charge is 0.467 e. The molecule has 0 unspecified atom stereocenters. The van der Waals surface area contributed by atoms with Crippen LogP contribution in [0.5, 0.6) is 0 Å². The van der Waals surface area contributed by atoms with Gasteiger partial charge in [0.15, 0.2) is 0 Å². The van der Waals surface area contributed by atoms with Gasteiger partial charge < -0.3 is 10.1 Å². The van der Waals surface area contributed by atoms with Crippen LogP contribution in [-0.2, 0) is 22.1 Å². The molecular weight excluding hydrogens is 427 g/mol. The van der Waals surface area contributed by atoms with Gasteiger partial charge in [0.2, 0.25) is 0 Å². The SMILES string of the molecule is COC(=O)[C@H](Cc1csc2ccc(Cl)cc12)NC(=O)c1ccc(C(F)(F)F)cc1. The van der Waals surface area contributed by atoms with E-state index in [4.69, 9.17) is 16.3 Å². The summed E-state index contributed by atoms with van der Waals surface area (Å²) in [6, 6.07) is 8.14. The minimum atomic E-state index is -4.50. The third kappa shape index (κ3) is 4.89. The Bertz CT molecular complexity index is 1050. The maximum absolute atomic E-state index is 12.7. The third-order valence-electron chi connectivity index (χ3n) is 4.31. The van der Waals surface area contributed by atoms with Crippen molar-refractivity contribution in [3.05, 3.63) is 69.6 Å². The molecule has 0 radical (unpaired) electrons. The summed E-state index contributed by atoms with van der Waals surface area (Å²) in [6.07, 6.45) is -4.34. The van der Waals surface area contributed by atoms with E-state index in [-0.39, 0.29) is 12.0 Å². The van der Waals surface area contributed by atoms with Crippen molar-refractivity contribution in [2.75, 3.05) is 7.11 Å². The molecule has 0 spiro atoms. The molecule has 3 rings (SSSR count). The number of carbonyl (C=O) groups excluding carboxylic acids is 2. The van der Waals surface area contributed by atoms with Gasteiger partial charge in [0.05, 0.1) is 12.7 Å². The van der Waals surface area contributed by atoms with Crippen molar-refractivity contribution in [2.45, 2.75) is 18.6 Å². The molecule has 0 saturated heterocycles. The molecule has 1 atom stereocenters. The van der Waals surface area contributed by atoms with Gasteiger partial charge in [-0.2, -0.15) is 13.2 Å². The van der Waals surface area contributed by atoms with E-state index in [0.29, 0.717) is 5.02 Å². The number of halogens is 4. The molecule has 1 heterocycles. The normalized spacial score (nSPS) is 12.6. The van der Waals surface area contributed by atoms with Crippen molar-refractivity contribution in [1.29, 1.82) is 0 Å². The molecule has 0 aliphatic rings. The summed E-state index contributed by atoms with van der Waals surface area (Å²) in [6.45, 7) is 0. The van der Waals surface area contributed by atoms with Crippen LogP contribution >= 0.6 is 22.9 Å². The standard InChI is InChI=1S/C20H15ClF3NO3S/c1-28-19(27)16(8-12-10-29-17-7-6-14(21)9-15(12)17)25-18(26)11-2-4-13(5-3-11)20(22,23)24/h2-7,9-10,16H,8H2,1H3,(H,25,26)/t16-/m0/s1. The molecule has 4 nitrogen and oxygen atoms in total. The number of ether oxygens (including phenoxy) is 1. The number of amides is 1. The van der Waals surface area contributed by atoms with E-state index in [0.717, 1.165) is 39.9 Å². The summed E-state index contributed by atoms with van der Waals surface area (Å²) in [4.78, 5) is 24.6. The maximum atomic E-state index is 12.7. The second-order valence-corrected chi connectivity index (χ2v) is 7.58. The van der Waals surface area contributed by atoms with Crippen LogP contribution in [0.2, 0.25) is 5.02 Å². The lowest BCUT2D eigenvalue weighted by molar-refractivity contribution is -0.142. The number of esters is 1. The van der Waals surface area contributed by atoms with Gasteiger partial charge in [-0.1, -0.05) is 11.6 Å². The van der Waals surface area contributed by atoms with E-state index in [2.05, 4.69) is 5.32 Å². The first kappa shape index (κ1) is 21.1. The number of hydrogen-bond donors (Lipinski definition) is 1. The van der Waals surface area contributed by atoms with Crippen molar-refractivity contribution < 1.29 is 27.5 Å². The second-order valence-electron chi connectivity index (χ2n) is 6.23. The lowest BCUT2D eigenvalue weighted by Gasteiger charge is -2.17. The second kappa shape index (κ2) is 8.42. The van der Waals surface area contributed by atoms with Crippen molar-refractivity contribution in [2.24, 2.45) is 0 Å². The summed E-state index contributed by atoms with van der Waals surface area (Å²) in [7, 11) is 1.20. The van der Waals surface area contributed by atoms with Gasteiger partial charge in [-0.3, -0.25) is 4.79 Å². The number of rotatable bonds is 5. The zero-order valence-electron chi connectivity index (χ0n) is 15.0. The highest BCUT2D eigenvalue weighted by Crippen LogP contribution is 2.30. The van der Waals surface area contributed by atoms with Gasteiger partial charge in [-0.25, -0.2) is 4.79 Å². The predicted octanol–water partition coefficient (Wildman–Crippen LogP) is 5.09. The number of carbonyl (C=O) groups is 2. The third-order valence-corrected chi connectivity index (χ3v) is 5.55. The Morgan fingerprint density at radius 2 is 1.86 bits per heavy atom. The lowest BCUT2D eigenvalue weighted by Crippen LogP contribution is -2.43. The Morgan fingerprint density at radius 1 is 1.17 bits per heavy atom. The topological polar surface area (TPSA) is 55.4 Å². The zero-order valence-corrected chi connectivity index (χ0v) is 16.6. The number of methoxy groups -OCH3 is 1. The van der Waals surface area contributed by atoms with Crippen LogP contribution in [0.25, 0.3) is 10.1 Å². The Labute approximate surface area is 173 Å². The van der Waals surface area contributed by atoms with E-state index in [9.17, 15) is 22.8 Å². The Hall–Kier alpha value is -2.58. The van der Waals surface area contributed by atoms with Crippen LogP contribution in [-0.4, -0.2) is 25.0 Å². The lowest BCUT2D eigenvalue weighted by atomic mass is 10.0. The Balaban J connectivity index is 1.81. The monoisotopic (exact) mass is 441 g/mol. The van der Waals surface area contributed by atoms with Gasteiger partial charge in [0.1, 0.15) is 6.04 Å². The molecule has 0 bridgehead atoms. The van der Waals surface area contributed by atoms with Gasteiger partial charge in [-0.15, -0.1) is 11.3 Å². The highest BCUT2D eigenvalue weighted by atomic mass is 35.5. The van der Waals surface area contributed by atoms with Gasteiger partial charge in [0.25, 0.3) is 5.91 Å². The zero-order chi connectivity index (χ0) is 21.2. The molecule has 0 saturated carbocycles. The molecule has 1 aromatic heterocycles. The van der Waals surface area contributed by atoms with E-state index in [1.54, 1.807) is 12.1 Å². The van der Waals surface area contributed by atoms with Crippen molar-refractivity contribution in [1.82, 2.24) is 5.32 Å². The maximum Gasteiger partial charge on any atom is 0.416 e. The predicted molar refractivity (Wildman–Crippen MR) is 105 cm³/mol. The quantitative estimate of drug-likeness (QED) is 0.561. The minimum Gasteiger partial charge on any atom is -0.467 e. The number of benzene rings is 2. The van der Waals surface area contributed by atoms with E-state index in [1.807, 2.05) is 11.4 Å². The van der Waals surface area contributed by atoms with E-state index in [1.165, 1.54) is 18.4 Å². The van der Waals surface area contributed by atoms with Crippen LogP contribution in [0.3, 0.4) is 0 Å². The summed E-state index contributed by atoms with van der Waals surface area (Å²) in [5.41, 5.74) is -0.0547. The Kier molecular flexibility index (Phi) is 6.14. The smallest absolute Gasteiger partial charge is 0.416 e. The fourth-order valence-corrected chi connectivity index (χ4v) is 3.95.